The minimum atomic E-state index is -0.441. The standard InChI is InChI=1S/C12H21BN2O.2C2H6/c1-15-10-3-2-5-12(13,14)9(10)4-6-11(15)7-16-8-11;2*1-2/h9-10H,2-8,14H2,1H3;2*1-2H3. The van der Waals surface area contributed by atoms with Crippen molar-refractivity contribution in [2.75, 3.05) is 20.3 Å². The van der Waals surface area contributed by atoms with Gasteiger partial charge in [-0.25, -0.2) is 0 Å². The molecule has 3 fully saturated rings. The lowest BCUT2D eigenvalue weighted by molar-refractivity contribution is -0.181. The van der Waals surface area contributed by atoms with Crippen molar-refractivity contribution in [3.8, 4) is 0 Å². The smallest absolute Gasteiger partial charge is 0.0954 e. The zero-order valence-corrected chi connectivity index (χ0v) is 14.1. The summed E-state index contributed by atoms with van der Waals surface area (Å²) in [6.07, 6.45) is 5.76. The van der Waals surface area contributed by atoms with E-state index in [1.807, 2.05) is 27.7 Å². The molecule has 1 saturated carbocycles. The van der Waals surface area contributed by atoms with Gasteiger partial charge in [0, 0.05) is 6.04 Å². The summed E-state index contributed by atoms with van der Waals surface area (Å²) in [4.78, 5) is 2.53. The van der Waals surface area contributed by atoms with Gasteiger partial charge in [0.25, 0.3) is 0 Å². The summed E-state index contributed by atoms with van der Waals surface area (Å²) in [6.45, 7) is 9.80. The first-order chi connectivity index (χ1) is 9.55. The van der Waals surface area contributed by atoms with Crippen LogP contribution in [0.3, 0.4) is 0 Å². The Hall–Kier alpha value is -0.0551. The van der Waals surface area contributed by atoms with Crippen molar-refractivity contribution in [2.24, 2.45) is 11.7 Å². The van der Waals surface area contributed by atoms with Crippen LogP contribution in [0.1, 0.15) is 59.8 Å². The van der Waals surface area contributed by atoms with Crippen LogP contribution in [-0.2, 0) is 4.74 Å². The van der Waals surface area contributed by atoms with Crippen LogP contribution in [0.5, 0.6) is 0 Å². The summed E-state index contributed by atoms with van der Waals surface area (Å²) in [6, 6.07) is 0.571. The molecule has 0 aromatic rings. The van der Waals surface area contributed by atoms with Gasteiger partial charge < -0.3 is 10.5 Å². The van der Waals surface area contributed by atoms with Crippen molar-refractivity contribution in [1.82, 2.24) is 4.90 Å². The fraction of sp³-hybridized carbons (Fsp3) is 1.00. The Morgan fingerprint density at radius 1 is 1.10 bits per heavy atom. The van der Waals surface area contributed by atoms with Gasteiger partial charge in [-0.2, -0.15) is 0 Å². The topological polar surface area (TPSA) is 38.5 Å². The summed E-state index contributed by atoms with van der Waals surface area (Å²) >= 11 is 0. The molecule has 116 valence electrons. The number of nitrogens with zero attached hydrogens (tertiary/aromatic N) is 1. The molecular formula is C16H33BN2O. The second-order valence-corrected chi connectivity index (χ2v) is 6.05. The van der Waals surface area contributed by atoms with Crippen molar-refractivity contribution in [3.05, 3.63) is 0 Å². The summed E-state index contributed by atoms with van der Waals surface area (Å²) in [5, 5.41) is 0. The van der Waals surface area contributed by atoms with Gasteiger partial charge in [0.05, 0.1) is 26.6 Å². The number of rotatable bonds is 0. The van der Waals surface area contributed by atoms with Crippen LogP contribution in [0.2, 0.25) is 0 Å². The lowest BCUT2D eigenvalue weighted by Gasteiger charge is -2.61. The lowest BCUT2D eigenvalue weighted by atomic mass is 9.55. The number of nitrogens with two attached hydrogens (primary N) is 1. The van der Waals surface area contributed by atoms with Crippen LogP contribution >= 0.6 is 0 Å². The predicted octanol–water partition coefficient (Wildman–Crippen LogP) is 2.53. The van der Waals surface area contributed by atoms with E-state index in [2.05, 4.69) is 11.9 Å². The summed E-state index contributed by atoms with van der Waals surface area (Å²) in [7, 11) is 8.50. The minimum Gasteiger partial charge on any atom is -0.377 e. The monoisotopic (exact) mass is 280 g/mol. The van der Waals surface area contributed by atoms with Crippen molar-refractivity contribution in [2.45, 2.75) is 76.8 Å². The highest BCUT2D eigenvalue weighted by Crippen LogP contribution is 2.46. The zero-order chi connectivity index (χ0) is 15.4. The maximum Gasteiger partial charge on any atom is 0.0954 e. The molecule has 4 heteroatoms. The highest BCUT2D eigenvalue weighted by atomic mass is 16.5. The second kappa shape index (κ2) is 7.28. The molecule has 1 aliphatic carbocycles. The molecule has 3 unspecified atom stereocenters. The van der Waals surface area contributed by atoms with E-state index in [9.17, 15) is 0 Å². The van der Waals surface area contributed by atoms with Crippen LogP contribution < -0.4 is 5.73 Å². The molecule has 1 spiro atoms. The molecule has 2 saturated heterocycles. The fourth-order valence-electron chi connectivity index (χ4n) is 3.92. The SMILES string of the molecule is CC.CC.[B]C1(N)CCCC2C1CCC1(COC1)N2C. The van der Waals surface area contributed by atoms with Gasteiger partial charge in [0.15, 0.2) is 0 Å². The van der Waals surface area contributed by atoms with E-state index >= 15 is 0 Å². The molecule has 2 radical (unpaired) electrons. The number of likely N-dealkylation sites (N-methyl/N-ethyl adjacent to an activating group) is 1. The molecule has 3 nitrogen and oxygen atoms in total. The molecule has 3 rings (SSSR count). The molecule has 0 amide bonds. The van der Waals surface area contributed by atoms with Crippen LogP contribution in [0.15, 0.2) is 0 Å². The van der Waals surface area contributed by atoms with Gasteiger partial charge >= 0.3 is 0 Å². The molecule has 2 heterocycles. The van der Waals surface area contributed by atoms with Crippen molar-refractivity contribution < 1.29 is 4.74 Å². The largest absolute Gasteiger partial charge is 0.377 e. The van der Waals surface area contributed by atoms with E-state index in [-0.39, 0.29) is 0 Å². The molecule has 3 aliphatic rings. The van der Waals surface area contributed by atoms with Crippen LogP contribution in [0.4, 0.5) is 0 Å². The average molecular weight is 280 g/mol. The number of piperidine rings is 1. The number of fused-ring (bicyclic) bond motifs is 1. The molecule has 20 heavy (non-hydrogen) atoms. The third kappa shape index (κ3) is 3.07. The maximum absolute atomic E-state index is 6.26. The Kier molecular flexibility index (Phi) is 6.55. The second-order valence-electron chi connectivity index (χ2n) is 6.05. The van der Waals surface area contributed by atoms with Crippen LogP contribution in [0.25, 0.3) is 0 Å². The first kappa shape index (κ1) is 18.0. The molecular weight excluding hydrogens is 247 g/mol. The molecule has 0 aromatic carbocycles. The quantitative estimate of drug-likeness (QED) is 0.693. The van der Waals surface area contributed by atoms with E-state index in [0.29, 0.717) is 17.5 Å². The van der Waals surface area contributed by atoms with Gasteiger partial charge in [0.1, 0.15) is 0 Å². The van der Waals surface area contributed by atoms with E-state index < -0.39 is 5.44 Å². The average Bonchev–Trinajstić information content (AvgIpc) is 2.42. The first-order valence-corrected chi connectivity index (χ1v) is 8.44. The van der Waals surface area contributed by atoms with E-state index in [1.54, 1.807) is 0 Å². The van der Waals surface area contributed by atoms with E-state index in [1.165, 1.54) is 19.3 Å². The molecule has 3 atom stereocenters. The molecule has 2 aliphatic heterocycles. The first-order valence-electron chi connectivity index (χ1n) is 8.44. The molecule has 2 N–H and O–H groups in total. The third-order valence-corrected chi connectivity index (χ3v) is 5.17. The maximum atomic E-state index is 6.26. The van der Waals surface area contributed by atoms with Crippen LogP contribution in [0, 0.1) is 5.92 Å². The van der Waals surface area contributed by atoms with Crippen molar-refractivity contribution in [1.29, 1.82) is 0 Å². The van der Waals surface area contributed by atoms with Gasteiger partial charge in [-0.15, -0.1) is 0 Å². The lowest BCUT2D eigenvalue weighted by Crippen LogP contribution is -2.71. The Labute approximate surface area is 127 Å². The Morgan fingerprint density at radius 2 is 1.70 bits per heavy atom. The van der Waals surface area contributed by atoms with Crippen molar-refractivity contribution >= 4 is 7.85 Å². The predicted molar refractivity (Wildman–Crippen MR) is 87.0 cm³/mol. The van der Waals surface area contributed by atoms with E-state index in [0.717, 1.165) is 26.1 Å². The third-order valence-electron chi connectivity index (χ3n) is 5.17. The zero-order valence-electron chi connectivity index (χ0n) is 14.1. The number of likely N-dealkylation sites (tertiary alicyclic amines) is 1. The Balaban J connectivity index is 0.000000461. The highest BCUT2D eigenvalue weighted by Gasteiger charge is 2.53. The summed E-state index contributed by atoms with van der Waals surface area (Å²) in [5.74, 6) is 0.470. The number of hydrogen-bond donors (Lipinski definition) is 1. The fourth-order valence-corrected chi connectivity index (χ4v) is 3.92. The molecule has 0 aromatic heterocycles. The van der Waals surface area contributed by atoms with Gasteiger partial charge in [0.2, 0.25) is 0 Å². The number of ether oxygens (including phenoxy) is 1. The number of hydrogen-bond acceptors (Lipinski definition) is 3. The summed E-state index contributed by atoms with van der Waals surface area (Å²) < 4.78 is 5.41. The van der Waals surface area contributed by atoms with Gasteiger partial charge in [-0.1, -0.05) is 34.1 Å². The Bertz CT molecular complexity index is 292. The van der Waals surface area contributed by atoms with Gasteiger partial charge in [-0.3, -0.25) is 4.90 Å². The highest BCUT2D eigenvalue weighted by molar-refractivity contribution is 6.15. The van der Waals surface area contributed by atoms with Gasteiger partial charge in [-0.05, 0) is 44.1 Å². The Morgan fingerprint density at radius 3 is 2.20 bits per heavy atom. The van der Waals surface area contributed by atoms with Crippen molar-refractivity contribution in [3.63, 3.8) is 0 Å². The minimum absolute atomic E-state index is 0.314. The van der Waals surface area contributed by atoms with E-state index in [4.69, 9.17) is 18.3 Å². The van der Waals surface area contributed by atoms with Crippen LogP contribution in [-0.4, -0.2) is 50.0 Å². The summed E-state index contributed by atoms with van der Waals surface area (Å²) in [5.41, 5.74) is 6.14. The molecule has 0 bridgehead atoms. The normalized spacial score (nSPS) is 38.5.